The number of nitrogens with one attached hydrogen (secondary N) is 3. The number of para-hydroxylation sites is 1. The lowest BCUT2D eigenvalue weighted by atomic mass is 9.93. The average Bonchev–Trinajstić information content (AvgIpc) is 2.90. The standard InChI is InChI=1S/C30H31N5O2S/c1-19-13-14-25(17-20(19)2)34-29(37)33-24-12-7-9-22(18-24)27-26(28(36)32-23-10-5-4-6-11-23)21(3)31-30-35(27)15-8-16-38-30/h4-7,9-14,17-18,27H,8,15-16H2,1-3H3,(H,32,36)(H2,33,34,37). The Kier molecular flexibility index (Phi) is 7.51. The van der Waals surface area contributed by atoms with E-state index in [1.54, 1.807) is 11.8 Å². The zero-order valence-electron chi connectivity index (χ0n) is 21.7. The number of amides is 3. The van der Waals surface area contributed by atoms with Crippen LogP contribution in [0.25, 0.3) is 0 Å². The van der Waals surface area contributed by atoms with Gasteiger partial charge in [-0.1, -0.05) is 48.2 Å². The van der Waals surface area contributed by atoms with Crippen LogP contribution in [0.5, 0.6) is 0 Å². The first-order valence-corrected chi connectivity index (χ1v) is 13.7. The van der Waals surface area contributed by atoms with Gasteiger partial charge in [-0.15, -0.1) is 0 Å². The number of aryl methyl sites for hydroxylation is 2. The molecule has 0 spiro atoms. The molecule has 1 fully saturated rings. The van der Waals surface area contributed by atoms with Crippen LogP contribution < -0.4 is 16.0 Å². The molecule has 7 nitrogen and oxygen atoms in total. The SMILES string of the molecule is CC1=C(C(=O)Nc2ccccc2)C(c2cccc(NC(=O)Nc3ccc(C)c(C)c3)c2)N2CCCSC2=N1. The van der Waals surface area contributed by atoms with Gasteiger partial charge in [0.05, 0.1) is 17.3 Å². The van der Waals surface area contributed by atoms with Crippen molar-refractivity contribution in [2.45, 2.75) is 33.2 Å². The summed E-state index contributed by atoms with van der Waals surface area (Å²) in [5, 5.41) is 9.83. The van der Waals surface area contributed by atoms with Gasteiger partial charge >= 0.3 is 6.03 Å². The minimum atomic E-state index is -0.321. The highest BCUT2D eigenvalue weighted by atomic mass is 32.2. The van der Waals surface area contributed by atoms with Gasteiger partial charge < -0.3 is 20.9 Å². The predicted octanol–water partition coefficient (Wildman–Crippen LogP) is 6.71. The minimum Gasteiger partial charge on any atom is -0.340 e. The smallest absolute Gasteiger partial charge is 0.323 e. The number of aliphatic imine (C=N–C) groups is 1. The van der Waals surface area contributed by atoms with Crippen molar-refractivity contribution in [2.24, 2.45) is 4.99 Å². The van der Waals surface area contributed by atoms with Crippen molar-refractivity contribution in [1.29, 1.82) is 0 Å². The third-order valence-corrected chi connectivity index (χ3v) is 7.84. The van der Waals surface area contributed by atoms with E-state index in [-0.39, 0.29) is 18.0 Å². The van der Waals surface area contributed by atoms with E-state index in [0.717, 1.165) is 46.4 Å². The fraction of sp³-hybridized carbons (Fsp3) is 0.233. The molecule has 2 aliphatic rings. The summed E-state index contributed by atoms with van der Waals surface area (Å²) in [6.07, 6.45) is 1.00. The number of urea groups is 1. The van der Waals surface area contributed by atoms with Gasteiger partial charge in [-0.05, 0) is 80.3 Å². The molecule has 3 aromatic rings. The van der Waals surface area contributed by atoms with E-state index < -0.39 is 0 Å². The van der Waals surface area contributed by atoms with Crippen LogP contribution in [0.3, 0.4) is 0 Å². The predicted molar refractivity (Wildman–Crippen MR) is 157 cm³/mol. The Morgan fingerprint density at radius 2 is 1.58 bits per heavy atom. The number of amidine groups is 1. The van der Waals surface area contributed by atoms with Crippen LogP contribution in [0, 0.1) is 13.8 Å². The lowest BCUT2D eigenvalue weighted by Gasteiger charge is -2.41. The number of allylic oxidation sites excluding steroid dienone is 1. The monoisotopic (exact) mass is 525 g/mol. The van der Waals surface area contributed by atoms with E-state index in [9.17, 15) is 9.59 Å². The first-order chi connectivity index (χ1) is 18.4. The van der Waals surface area contributed by atoms with Crippen molar-refractivity contribution in [2.75, 3.05) is 28.2 Å². The molecule has 0 aliphatic carbocycles. The van der Waals surface area contributed by atoms with Gasteiger partial charge in [0.25, 0.3) is 5.91 Å². The number of carbonyl (C=O) groups excluding carboxylic acids is 2. The second-order valence-corrected chi connectivity index (χ2v) is 10.6. The van der Waals surface area contributed by atoms with Crippen LogP contribution >= 0.6 is 11.8 Å². The Hall–Kier alpha value is -4.04. The summed E-state index contributed by atoms with van der Waals surface area (Å²) < 4.78 is 0. The Bertz CT molecular complexity index is 1430. The van der Waals surface area contributed by atoms with Gasteiger partial charge in [0.2, 0.25) is 0 Å². The van der Waals surface area contributed by atoms with Crippen molar-refractivity contribution in [3.05, 3.63) is 101 Å². The maximum atomic E-state index is 13.6. The topological polar surface area (TPSA) is 85.8 Å². The first-order valence-electron chi connectivity index (χ1n) is 12.7. The van der Waals surface area contributed by atoms with E-state index in [2.05, 4.69) is 20.9 Å². The summed E-state index contributed by atoms with van der Waals surface area (Å²) in [5.41, 5.74) is 6.63. The molecule has 0 bridgehead atoms. The van der Waals surface area contributed by atoms with Crippen molar-refractivity contribution in [1.82, 2.24) is 4.90 Å². The highest BCUT2D eigenvalue weighted by Crippen LogP contribution is 2.40. The fourth-order valence-corrected chi connectivity index (χ4v) is 5.74. The van der Waals surface area contributed by atoms with Crippen LogP contribution in [-0.2, 0) is 4.79 Å². The highest BCUT2D eigenvalue weighted by molar-refractivity contribution is 8.13. The molecular weight excluding hydrogens is 494 g/mol. The summed E-state index contributed by atoms with van der Waals surface area (Å²) in [5.74, 6) is 0.823. The summed E-state index contributed by atoms with van der Waals surface area (Å²) in [6.45, 7) is 6.75. The van der Waals surface area contributed by atoms with Crippen LogP contribution in [0.15, 0.2) is 89.1 Å². The van der Waals surface area contributed by atoms with Crippen molar-refractivity contribution in [3.8, 4) is 0 Å². The molecule has 38 heavy (non-hydrogen) atoms. The van der Waals surface area contributed by atoms with Crippen molar-refractivity contribution in [3.63, 3.8) is 0 Å². The Labute approximate surface area is 227 Å². The van der Waals surface area contributed by atoms with Gasteiger partial charge in [0.1, 0.15) is 0 Å². The summed E-state index contributed by atoms with van der Waals surface area (Å²) in [4.78, 5) is 33.4. The second kappa shape index (κ2) is 11.1. The van der Waals surface area contributed by atoms with Gasteiger partial charge in [-0.3, -0.25) is 4.79 Å². The van der Waals surface area contributed by atoms with Crippen LogP contribution in [-0.4, -0.2) is 34.3 Å². The zero-order chi connectivity index (χ0) is 26.6. The summed E-state index contributed by atoms with van der Waals surface area (Å²) >= 11 is 1.72. The maximum absolute atomic E-state index is 13.6. The number of rotatable bonds is 5. The fourth-order valence-electron chi connectivity index (χ4n) is 4.72. The molecule has 1 saturated heterocycles. The molecule has 0 radical (unpaired) electrons. The van der Waals surface area contributed by atoms with Gasteiger partial charge in [-0.2, -0.15) is 0 Å². The van der Waals surface area contributed by atoms with E-state index in [0.29, 0.717) is 17.0 Å². The van der Waals surface area contributed by atoms with Crippen LogP contribution in [0.2, 0.25) is 0 Å². The number of fused-ring (bicyclic) bond motifs is 1. The molecule has 3 amide bonds. The van der Waals surface area contributed by atoms with Crippen LogP contribution in [0.4, 0.5) is 21.9 Å². The molecular formula is C30H31N5O2S. The largest absolute Gasteiger partial charge is 0.340 e. The third-order valence-electron chi connectivity index (χ3n) is 6.76. The second-order valence-electron chi connectivity index (χ2n) is 9.52. The number of nitrogens with zero attached hydrogens (tertiary/aromatic N) is 2. The Balaban J connectivity index is 1.42. The van der Waals surface area contributed by atoms with Crippen LogP contribution in [0.1, 0.15) is 36.1 Å². The molecule has 0 saturated carbocycles. The van der Waals surface area contributed by atoms with E-state index >= 15 is 0 Å². The highest BCUT2D eigenvalue weighted by Gasteiger charge is 2.37. The van der Waals surface area contributed by atoms with E-state index in [1.807, 2.05) is 93.6 Å². The first kappa shape index (κ1) is 25.6. The number of carbonyl (C=O) groups is 2. The van der Waals surface area contributed by atoms with Gasteiger partial charge in [0, 0.05) is 29.4 Å². The molecule has 5 rings (SSSR count). The number of thioether (sulfide) groups is 1. The summed E-state index contributed by atoms with van der Waals surface area (Å²) in [6, 6.07) is 22.3. The molecule has 1 unspecified atom stereocenters. The molecule has 3 aromatic carbocycles. The molecule has 194 valence electrons. The zero-order valence-corrected chi connectivity index (χ0v) is 22.6. The van der Waals surface area contributed by atoms with Crippen molar-refractivity contribution >= 4 is 45.9 Å². The molecule has 3 N–H and O–H groups in total. The Morgan fingerprint density at radius 1 is 0.842 bits per heavy atom. The normalized spacial score (nSPS) is 16.9. The molecule has 2 aliphatic heterocycles. The quantitative estimate of drug-likeness (QED) is 0.346. The molecule has 8 heteroatoms. The minimum absolute atomic E-state index is 0.178. The van der Waals surface area contributed by atoms with Gasteiger partial charge in [0.15, 0.2) is 5.17 Å². The third kappa shape index (κ3) is 5.60. The molecule has 1 atom stereocenters. The Morgan fingerprint density at radius 3 is 2.34 bits per heavy atom. The number of anilines is 3. The van der Waals surface area contributed by atoms with E-state index in [1.165, 1.54) is 5.56 Å². The number of hydrogen-bond donors (Lipinski definition) is 3. The summed E-state index contributed by atoms with van der Waals surface area (Å²) in [7, 11) is 0. The van der Waals surface area contributed by atoms with Gasteiger partial charge in [-0.25, -0.2) is 9.79 Å². The lowest BCUT2D eigenvalue weighted by Crippen LogP contribution is -2.43. The number of hydrogen-bond acceptors (Lipinski definition) is 5. The average molecular weight is 526 g/mol. The lowest BCUT2D eigenvalue weighted by molar-refractivity contribution is -0.113. The number of benzene rings is 3. The van der Waals surface area contributed by atoms with Crippen molar-refractivity contribution < 1.29 is 9.59 Å². The molecule has 0 aromatic heterocycles. The van der Waals surface area contributed by atoms with E-state index in [4.69, 9.17) is 4.99 Å². The molecule has 2 heterocycles. The maximum Gasteiger partial charge on any atom is 0.323 e.